The maximum atomic E-state index is 13.5. The molecular formula is C25H16Br2Cl2N4O3. The lowest BCUT2D eigenvalue weighted by Crippen LogP contribution is -2.38. The third-order valence-electron chi connectivity index (χ3n) is 4.98. The summed E-state index contributed by atoms with van der Waals surface area (Å²) in [5, 5.41) is 3.45. The van der Waals surface area contributed by atoms with Crippen molar-refractivity contribution in [1.29, 1.82) is 0 Å². The summed E-state index contributed by atoms with van der Waals surface area (Å²) in [7, 11) is 0. The molecule has 3 aromatic carbocycles. The minimum Gasteiger partial charge on any atom is -0.319 e. The number of halogens is 4. The molecule has 0 bridgehead atoms. The summed E-state index contributed by atoms with van der Waals surface area (Å²) in [5.74, 6) is -1.51. The first-order chi connectivity index (χ1) is 17.3. The Morgan fingerprint density at radius 1 is 1.03 bits per heavy atom. The Morgan fingerprint density at radius 2 is 1.72 bits per heavy atom. The van der Waals surface area contributed by atoms with Crippen molar-refractivity contribution < 1.29 is 9.59 Å². The van der Waals surface area contributed by atoms with Gasteiger partial charge in [0.05, 0.1) is 16.6 Å². The molecule has 11 heteroatoms. The largest absolute Gasteiger partial charge is 0.319 e. The second-order valence-electron chi connectivity index (χ2n) is 7.43. The van der Waals surface area contributed by atoms with E-state index in [1.165, 1.54) is 0 Å². The zero-order valence-corrected chi connectivity index (χ0v) is 23.0. The van der Waals surface area contributed by atoms with Gasteiger partial charge in [-0.2, -0.15) is 4.68 Å². The first kappa shape index (κ1) is 26.1. The van der Waals surface area contributed by atoms with Gasteiger partial charge in [-0.3, -0.25) is 19.8 Å². The number of aromatic nitrogens is 2. The zero-order valence-electron chi connectivity index (χ0n) is 18.3. The van der Waals surface area contributed by atoms with Crippen molar-refractivity contribution in [2.45, 2.75) is 0 Å². The van der Waals surface area contributed by atoms with E-state index in [1.54, 1.807) is 72.8 Å². The zero-order chi connectivity index (χ0) is 25.8. The molecule has 0 fully saturated rings. The number of alkyl halides is 1. The van der Waals surface area contributed by atoms with Crippen LogP contribution in [0, 0.1) is 0 Å². The molecule has 2 amide bonds. The van der Waals surface area contributed by atoms with Gasteiger partial charge in [0.2, 0.25) is 0 Å². The molecule has 0 aliphatic carbocycles. The van der Waals surface area contributed by atoms with Gasteiger partial charge in [-0.1, -0.05) is 63.9 Å². The molecule has 4 aromatic rings. The third kappa shape index (κ3) is 5.70. The second kappa shape index (κ2) is 11.4. The highest BCUT2D eigenvalue weighted by atomic mass is 79.9. The lowest BCUT2D eigenvalue weighted by molar-refractivity contribution is -0.114. The minimum absolute atomic E-state index is 0.0295. The smallest absolute Gasteiger partial charge is 0.280 e. The molecular weight excluding hydrogens is 635 g/mol. The molecule has 0 saturated carbocycles. The number of hydrogen-bond acceptors (Lipinski definition) is 4. The Kier molecular flexibility index (Phi) is 8.25. The maximum absolute atomic E-state index is 13.5. The van der Waals surface area contributed by atoms with Crippen molar-refractivity contribution in [2.24, 2.45) is 0 Å². The quantitative estimate of drug-likeness (QED) is 0.258. The predicted molar refractivity (Wildman–Crippen MR) is 150 cm³/mol. The molecule has 1 heterocycles. The molecule has 1 aromatic heterocycles. The maximum Gasteiger partial charge on any atom is 0.280 e. The van der Waals surface area contributed by atoms with Crippen molar-refractivity contribution in [1.82, 2.24) is 15.0 Å². The number of rotatable bonds is 6. The summed E-state index contributed by atoms with van der Waals surface area (Å²) in [4.78, 5) is 43.6. The van der Waals surface area contributed by atoms with Crippen molar-refractivity contribution in [3.63, 3.8) is 0 Å². The van der Waals surface area contributed by atoms with Crippen LogP contribution in [0.5, 0.6) is 0 Å². The van der Waals surface area contributed by atoms with Crippen LogP contribution in [0.2, 0.25) is 5.02 Å². The van der Waals surface area contributed by atoms with Crippen LogP contribution in [0.25, 0.3) is 22.7 Å². The second-order valence-corrected chi connectivity index (χ2v) is 9.87. The van der Waals surface area contributed by atoms with Gasteiger partial charge in [0.15, 0.2) is 5.82 Å². The molecule has 4 rings (SSSR count). The topological polar surface area (TPSA) is 93.1 Å². The van der Waals surface area contributed by atoms with Gasteiger partial charge in [-0.05, 0) is 57.9 Å². The fourth-order valence-corrected chi connectivity index (χ4v) is 4.91. The van der Waals surface area contributed by atoms with Crippen molar-refractivity contribution in [2.75, 3.05) is 11.3 Å². The van der Waals surface area contributed by atoms with Crippen LogP contribution in [-0.2, 0) is 4.79 Å². The van der Waals surface area contributed by atoms with Crippen LogP contribution in [0.3, 0.4) is 0 Å². The average Bonchev–Trinajstić information content (AvgIpc) is 2.87. The monoisotopic (exact) mass is 648 g/mol. The van der Waals surface area contributed by atoms with E-state index in [4.69, 9.17) is 23.2 Å². The molecule has 0 unspecified atom stereocenters. The number of carbonyl (C=O) groups is 2. The molecule has 0 saturated heterocycles. The van der Waals surface area contributed by atoms with E-state index in [0.717, 1.165) is 4.68 Å². The normalized spacial score (nSPS) is 11.4. The molecule has 36 heavy (non-hydrogen) atoms. The summed E-state index contributed by atoms with van der Waals surface area (Å²) >= 11 is 18.9. The third-order valence-corrected chi connectivity index (χ3v) is 6.63. The summed E-state index contributed by atoms with van der Waals surface area (Å²) < 4.78 is 2.13. The van der Waals surface area contributed by atoms with E-state index in [9.17, 15) is 14.4 Å². The van der Waals surface area contributed by atoms with Crippen LogP contribution in [0.4, 0.5) is 0 Å². The molecule has 182 valence electrons. The first-order valence-corrected chi connectivity index (χ1v) is 12.9. The highest BCUT2D eigenvalue weighted by Gasteiger charge is 2.21. The summed E-state index contributed by atoms with van der Waals surface area (Å²) in [6, 6.07) is 18.8. The number of hydrogen-bond donors (Lipinski definition) is 2. The van der Waals surface area contributed by atoms with Crippen LogP contribution < -0.4 is 16.3 Å². The predicted octanol–water partition coefficient (Wildman–Crippen LogP) is 5.81. The Bertz CT molecular complexity index is 1570. The van der Waals surface area contributed by atoms with E-state index in [2.05, 4.69) is 47.6 Å². The summed E-state index contributed by atoms with van der Waals surface area (Å²) in [5.41, 5.74) is 3.29. The van der Waals surface area contributed by atoms with Gasteiger partial charge in [0.25, 0.3) is 17.4 Å². The molecule has 0 aliphatic rings. The minimum atomic E-state index is -0.637. The van der Waals surface area contributed by atoms with Crippen LogP contribution in [-0.4, -0.2) is 27.4 Å². The SMILES string of the molecule is O=C(CCl)Nn1c(/C(=C/c2ccccc2Cl)NC(=O)c2ccccc2)nc2c(Br)cc(Br)cc2c1=O. The van der Waals surface area contributed by atoms with E-state index >= 15 is 0 Å². The van der Waals surface area contributed by atoms with Crippen molar-refractivity contribution in [3.8, 4) is 0 Å². The highest BCUT2D eigenvalue weighted by molar-refractivity contribution is 9.11. The lowest BCUT2D eigenvalue weighted by atomic mass is 10.1. The fraction of sp³-hybridized carbons (Fsp3) is 0.0400. The van der Waals surface area contributed by atoms with Gasteiger partial charge in [-0.25, -0.2) is 4.98 Å². The molecule has 0 spiro atoms. The molecule has 0 radical (unpaired) electrons. The van der Waals surface area contributed by atoms with Gasteiger partial charge in [-0.15, -0.1) is 11.6 Å². The van der Waals surface area contributed by atoms with Crippen LogP contribution in [0.1, 0.15) is 21.7 Å². The Morgan fingerprint density at radius 3 is 2.42 bits per heavy atom. The van der Waals surface area contributed by atoms with Gasteiger partial charge < -0.3 is 5.32 Å². The molecule has 0 atom stereocenters. The van der Waals surface area contributed by atoms with Gasteiger partial charge >= 0.3 is 0 Å². The Balaban J connectivity index is 2.00. The van der Waals surface area contributed by atoms with Crippen LogP contribution >= 0.6 is 55.1 Å². The molecule has 2 N–H and O–H groups in total. The number of fused-ring (bicyclic) bond motifs is 1. The summed E-state index contributed by atoms with van der Waals surface area (Å²) in [6.07, 6.45) is 1.58. The van der Waals surface area contributed by atoms with E-state index in [1.807, 2.05) is 0 Å². The number of nitrogens with zero attached hydrogens (tertiary/aromatic N) is 2. The highest BCUT2D eigenvalue weighted by Crippen LogP contribution is 2.27. The number of carbonyl (C=O) groups excluding carboxylic acids is 2. The lowest BCUT2D eigenvalue weighted by Gasteiger charge is -2.18. The van der Waals surface area contributed by atoms with E-state index in [0.29, 0.717) is 30.6 Å². The average molecular weight is 651 g/mol. The number of amides is 2. The molecule has 0 aliphatic heterocycles. The number of nitrogens with one attached hydrogen (secondary N) is 2. The first-order valence-electron chi connectivity index (χ1n) is 10.4. The van der Waals surface area contributed by atoms with Crippen molar-refractivity contribution in [3.05, 3.63) is 108 Å². The summed E-state index contributed by atoms with van der Waals surface area (Å²) in [6.45, 7) is 0. The van der Waals surface area contributed by atoms with Crippen LogP contribution in [0.15, 0.2) is 80.5 Å². The molecule has 7 nitrogen and oxygen atoms in total. The fourth-order valence-electron chi connectivity index (χ4n) is 3.34. The van der Waals surface area contributed by atoms with Gasteiger partial charge in [0, 0.05) is 19.5 Å². The standard InChI is InChI=1S/C25H16Br2Cl2N4O3/c26-16-11-17-22(18(27)12-16)31-23(33(25(17)36)32-21(34)13-28)20(10-15-8-4-5-9-19(15)29)30-24(35)14-6-2-1-3-7-14/h1-12H,13H2,(H,30,35)(H,32,34)/b20-10-. The van der Waals surface area contributed by atoms with Crippen molar-refractivity contribution >= 4 is 89.6 Å². The van der Waals surface area contributed by atoms with E-state index < -0.39 is 23.3 Å². The number of benzene rings is 3. The Hall–Kier alpha value is -2.98. The Labute approximate surface area is 232 Å². The van der Waals surface area contributed by atoms with E-state index in [-0.39, 0.29) is 16.9 Å². The van der Waals surface area contributed by atoms with Gasteiger partial charge in [0.1, 0.15) is 5.88 Å².